The molecule has 1 N–H and O–H groups in total. The predicted molar refractivity (Wildman–Crippen MR) is 112 cm³/mol. The molecule has 0 spiro atoms. The second-order valence-electron chi connectivity index (χ2n) is 6.28. The maximum Gasteiger partial charge on any atom is 0.224 e. The van der Waals surface area contributed by atoms with Crippen LogP contribution < -0.4 is 5.32 Å². The Bertz CT molecular complexity index is 1000. The zero-order valence-electron chi connectivity index (χ0n) is 14.5. The van der Waals surface area contributed by atoms with E-state index in [9.17, 15) is 4.79 Å². The molecule has 1 aliphatic heterocycles. The van der Waals surface area contributed by atoms with Gasteiger partial charge < -0.3 is 10.2 Å². The molecule has 0 saturated heterocycles. The largest absolute Gasteiger partial charge is 0.340 e. The molecule has 9 heteroatoms. The van der Waals surface area contributed by atoms with E-state index in [4.69, 9.17) is 11.6 Å². The Balaban J connectivity index is 1.61. The number of carbonyl (C=O) groups is 1. The fraction of sp³-hybridized carbons (Fsp3) is 0.222. The summed E-state index contributed by atoms with van der Waals surface area (Å²) in [5, 5.41) is 7.71. The molecule has 1 aromatic carbocycles. The Morgan fingerprint density at radius 3 is 2.67 bits per heavy atom. The van der Waals surface area contributed by atoms with E-state index < -0.39 is 0 Å². The standard InChI is InChI=1S/C18H16ClIN6O/c1-11(27)25-7-6-16-15(10-25)17(24-18(19)23-16)22-14-4-2-12(3-5-14)13-8-21-26(20)9-13/h2-5,8-9H,6-7,10H2,1H3,(H,22,23,24). The van der Waals surface area contributed by atoms with Gasteiger partial charge in [-0.05, 0) is 29.3 Å². The normalized spacial score (nSPS) is 13.4. The molecule has 1 amide bonds. The Kier molecular flexibility index (Phi) is 5.00. The molecule has 0 aliphatic carbocycles. The Labute approximate surface area is 175 Å². The molecule has 0 fully saturated rings. The van der Waals surface area contributed by atoms with Crippen LogP contribution in [0.2, 0.25) is 5.28 Å². The minimum atomic E-state index is 0.0433. The number of halogens is 2. The summed E-state index contributed by atoms with van der Waals surface area (Å²) in [6.45, 7) is 2.71. The highest BCUT2D eigenvalue weighted by molar-refractivity contribution is 14.1. The lowest BCUT2D eigenvalue weighted by Gasteiger charge is -2.28. The maximum absolute atomic E-state index is 11.8. The molecule has 27 heavy (non-hydrogen) atoms. The molecule has 3 aromatic rings. The minimum absolute atomic E-state index is 0.0433. The third-order valence-electron chi connectivity index (χ3n) is 4.51. The fourth-order valence-electron chi connectivity index (χ4n) is 3.09. The van der Waals surface area contributed by atoms with Crippen LogP contribution in [0.3, 0.4) is 0 Å². The van der Waals surface area contributed by atoms with Gasteiger partial charge in [0.15, 0.2) is 0 Å². The monoisotopic (exact) mass is 494 g/mol. The van der Waals surface area contributed by atoms with E-state index in [-0.39, 0.29) is 11.2 Å². The second-order valence-corrected chi connectivity index (χ2v) is 7.60. The van der Waals surface area contributed by atoms with Crippen LogP contribution in [0, 0.1) is 0 Å². The molecular formula is C18H16ClIN6O. The summed E-state index contributed by atoms with van der Waals surface area (Å²) in [6, 6.07) is 8.00. The number of rotatable bonds is 3. The van der Waals surface area contributed by atoms with E-state index in [2.05, 4.69) is 43.2 Å². The van der Waals surface area contributed by atoms with Crippen molar-refractivity contribution in [3.63, 3.8) is 0 Å². The topological polar surface area (TPSA) is 75.9 Å². The van der Waals surface area contributed by atoms with Gasteiger partial charge in [0.1, 0.15) is 5.82 Å². The zero-order chi connectivity index (χ0) is 19.0. The van der Waals surface area contributed by atoms with Crippen LogP contribution in [-0.2, 0) is 17.8 Å². The minimum Gasteiger partial charge on any atom is -0.340 e. The summed E-state index contributed by atoms with van der Waals surface area (Å²) in [5.74, 6) is 0.686. The molecule has 3 heterocycles. The smallest absolute Gasteiger partial charge is 0.224 e. The van der Waals surface area contributed by atoms with Crippen molar-refractivity contribution < 1.29 is 4.79 Å². The molecule has 2 aromatic heterocycles. The molecule has 0 saturated carbocycles. The number of nitrogens with one attached hydrogen (secondary N) is 1. The molecule has 4 rings (SSSR count). The molecular weight excluding hydrogens is 479 g/mol. The van der Waals surface area contributed by atoms with Crippen LogP contribution in [0.4, 0.5) is 11.5 Å². The number of hydrogen-bond donors (Lipinski definition) is 1. The van der Waals surface area contributed by atoms with E-state index in [1.165, 1.54) is 0 Å². The van der Waals surface area contributed by atoms with Gasteiger partial charge in [-0.2, -0.15) is 5.10 Å². The van der Waals surface area contributed by atoms with Crippen molar-refractivity contribution >= 4 is 51.9 Å². The number of amides is 1. The van der Waals surface area contributed by atoms with E-state index in [0.717, 1.165) is 28.1 Å². The van der Waals surface area contributed by atoms with Gasteiger partial charge in [-0.3, -0.25) is 4.79 Å². The van der Waals surface area contributed by atoms with Crippen LogP contribution in [0.25, 0.3) is 11.1 Å². The van der Waals surface area contributed by atoms with Gasteiger partial charge in [0, 0.05) is 42.9 Å². The van der Waals surface area contributed by atoms with Gasteiger partial charge in [0.25, 0.3) is 0 Å². The van der Waals surface area contributed by atoms with Gasteiger partial charge in [0.2, 0.25) is 11.2 Å². The van der Waals surface area contributed by atoms with Crippen LogP contribution in [0.5, 0.6) is 0 Å². The van der Waals surface area contributed by atoms with E-state index in [1.54, 1.807) is 14.7 Å². The summed E-state index contributed by atoms with van der Waals surface area (Å²) < 4.78 is 1.75. The highest BCUT2D eigenvalue weighted by Gasteiger charge is 2.23. The van der Waals surface area contributed by atoms with Gasteiger partial charge >= 0.3 is 0 Å². The fourth-order valence-corrected chi connectivity index (χ4v) is 3.70. The second kappa shape index (κ2) is 7.43. The van der Waals surface area contributed by atoms with Crippen molar-refractivity contribution in [2.75, 3.05) is 11.9 Å². The SMILES string of the molecule is CC(=O)N1CCc2nc(Cl)nc(Nc3ccc(-c4cnn(I)c4)cc3)c2C1. The van der Waals surface area contributed by atoms with E-state index >= 15 is 0 Å². The lowest BCUT2D eigenvalue weighted by molar-refractivity contribution is -0.129. The lowest BCUT2D eigenvalue weighted by atomic mass is 10.1. The van der Waals surface area contributed by atoms with Crippen LogP contribution >= 0.6 is 34.5 Å². The Morgan fingerprint density at radius 1 is 1.22 bits per heavy atom. The lowest BCUT2D eigenvalue weighted by Crippen LogP contribution is -2.35. The van der Waals surface area contributed by atoms with Crippen molar-refractivity contribution in [2.24, 2.45) is 0 Å². The van der Waals surface area contributed by atoms with Crippen molar-refractivity contribution in [3.05, 3.63) is 53.2 Å². The van der Waals surface area contributed by atoms with Crippen molar-refractivity contribution in [3.8, 4) is 11.1 Å². The molecule has 1 aliphatic rings. The van der Waals surface area contributed by atoms with Gasteiger partial charge in [0.05, 0.1) is 41.3 Å². The number of benzene rings is 1. The Morgan fingerprint density at radius 2 is 2.00 bits per heavy atom. The maximum atomic E-state index is 11.8. The molecule has 0 radical (unpaired) electrons. The third kappa shape index (κ3) is 3.91. The third-order valence-corrected chi connectivity index (χ3v) is 5.21. The van der Waals surface area contributed by atoms with Gasteiger partial charge in [-0.25, -0.2) is 12.9 Å². The molecule has 0 atom stereocenters. The van der Waals surface area contributed by atoms with E-state index in [0.29, 0.717) is 25.3 Å². The summed E-state index contributed by atoms with van der Waals surface area (Å²) in [5.41, 5.74) is 4.82. The van der Waals surface area contributed by atoms with Gasteiger partial charge in [-0.1, -0.05) is 12.1 Å². The van der Waals surface area contributed by atoms with Crippen molar-refractivity contribution in [1.29, 1.82) is 0 Å². The summed E-state index contributed by atoms with van der Waals surface area (Å²) in [7, 11) is 0. The zero-order valence-corrected chi connectivity index (χ0v) is 17.4. The highest BCUT2D eigenvalue weighted by Crippen LogP contribution is 2.29. The molecule has 0 bridgehead atoms. The summed E-state index contributed by atoms with van der Waals surface area (Å²) in [4.78, 5) is 22.2. The molecule has 138 valence electrons. The molecule has 0 unspecified atom stereocenters. The Hall–Kier alpha value is -2.20. The van der Waals surface area contributed by atoms with E-state index in [1.807, 2.05) is 36.7 Å². The molecule has 7 nitrogen and oxygen atoms in total. The first-order valence-corrected chi connectivity index (χ1v) is 9.73. The number of aromatic nitrogens is 4. The summed E-state index contributed by atoms with van der Waals surface area (Å²) in [6.07, 6.45) is 4.46. The van der Waals surface area contributed by atoms with Crippen LogP contribution in [-0.4, -0.2) is 35.3 Å². The average Bonchev–Trinajstić information content (AvgIpc) is 3.08. The van der Waals surface area contributed by atoms with Crippen LogP contribution in [0.15, 0.2) is 36.7 Å². The quantitative estimate of drug-likeness (QED) is 0.442. The first kappa shape index (κ1) is 18.2. The van der Waals surface area contributed by atoms with Crippen LogP contribution in [0.1, 0.15) is 18.2 Å². The average molecular weight is 495 g/mol. The number of nitrogens with zero attached hydrogens (tertiary/aromatic N) is 5. The van der Waals surface area contributed by atoms with Gasteiger partial charge in [-0.15, -0.1) is 0 Å². The van der Waals surface area contributed by atoms with Crippen molar-refractivity contribution in [2.45, 2.75) is 19.9 Å². The summed E-state index contributed by atoms with van der Waals surface area (Å²) >= 11 is 8.22. The number of carbonyl (C=O) groups excluding carboxylic acids is 1. The number of hydrogen-bond acceptors (Lipinski definition) is 5. The first-order chi connectivity index (χ1) is 13.0. The first-order valence-electron chi connectivity index (χ1n) is 8.38. The predicted octanol–water partition coefficient (Wildman–Crippen LogP) is 3.84. The highest BCUT2D eigenvalue weighted by atomic mass is 127. The number of fused-ring (bicyclic) bond motifs is 1. The van der Waals surface area contributed by atoms with Crippen molar-refractivity contribution in [1.82, 2.24) is 22.9 Å². The number of anilines is 2.